The lowest BCUT2D eigenvalue weighted by Gasteiger charge is -2.06. The highest BCUT2D eigenvalue weighted by atomic mass is 14.9. The minimum Gasteiger partial charge on any atom is -0.385 e. The van der Waals surface area contributed by atoms with E-state index in [-0.39, 0.29) is 0 Å². The minimum atomic E-state index is 0.914. The molecule has 0 saturated heterocycles. The van der Waals surface area contributed by atoms with Gasteiger partial charge >= 0.3 is 0 Å². The first-order chi connectivity index (χ1) is 10.4. The van der Waals surface area contributed by atoms with E-state index in [1.54, 1.807) is 0 Å². The predicted molar refractivity (Wildman–Crippen MR) is 92.7 cm³/mol. The summed E-state index contributed by atoms with van der Waals surface area (Å²) in [6.45, 7) is 0.914. The van der Waals surface area contributed by atoms with Crippen molar-refractivity contribution < 1.29 is 0 Å². The maximum absolute atomic E-state index is 3.47. The molecule has 1 aliphatic carbocycles. The summed E-state index contributed by atoms with van der Waals surface area (Å²) in [5.41, 5.74) is 2.45. The van der Waals surface area contributed by atoms with Crippen molar-refractivity contribution in [2.45, 2.75) is 6.42 Å². The topological polar surface area (TPSA) is 12.0 Å². The van der Waals surface area contributed by atoms with E-state index in [1.165, 1.54) is 5.57 Å². The molecule has 0 unspecified atom stereocenters. The van der Waals surface area contributed by atoms with E-state index in [4.69, 9.17) is 0 Å². The average Bonchev–Trinajstić information content (AvgIpc) is 2.47. The molecular weight excluding hydrogens is 254 g/mol. The summed E-state index contributed by atoms with van der Waals surface area (Å²) in [5.74, 6) is 0. The molecule has 1 nitrogen and oxygen atoms in total. The number of nitrogens with one attached hydrogen (secondary N) is 1. The van der Waals surface area contributed by atoms with Gasteiger partial charge in [-0.3, -0.25) is 0 Å². The third kappa shape index (κ3) is 6.44. The zero-order valence-electron chi connectivity index (χ0n) is 12.2. The monoisotopic (exact) mass is 275 g/mol. The van der Waals surface area contributed by atoms with E-state index in [2.05, 4.69) is 41.8 Å². The summed E-state index contributed by atoms with van der Waals surface area (Å²) in [6.07, 6.45) is 15.6. The van der Waals surface area contributed by atoms with Gasteiger partial charge < -0.3 is 5.32 Å². The fourth-order valence-electron chi connectivity index (χ4n) is 1.94. The minimum absolute atomic E-state index is 0.914. The molecule has 106 valence electrons. The normalized spacial score (nSPS) is 16.9. The highest BCUT2D eigenvalue weighted by Crippen LogP contribution is 2.08. The molecule has 0 amide bonds. The second kappa shape index (κ2) is 9.38. The Morgan fingerprint density at radius 1 is 0.667 bits per heavy atom. The fourth-order valence-corrected chi connectivity index (χ4v) is 1.94. The van der Waals surface area contributed by atoms with Gasteiger partial charge in [-0.25, -0.2) is 0 Å². The van der Waals surface area contributed by atoms with Crippen molar-refractivity contribution in [1.82, 2.24) is 0 Å². The molecule has 1 aliphatic rings. The van der Waals surface area contributed by atoms with Crippen molar-refractivity contribution >= 4 is 5.69 Å². The van der Waals surface area contributed by atoms with Crippen LogP contribution in [0.4, 0.5) is 5.69 Å². The van der Waals surface area contributed by atoms with Gasteiger partial charge in [0.2, 0.25) is 0 Å². The van der Waals surface area contributed by atoms with Crippen LogP contribution in [0.2, 0.25) is 0 Å². The van der Waals surface area contributed by atoms with Crippen molar-refractivity contribution in [2.24, 2.45) is 0 Å². The molecule has 1 heteroatoms. The lowest BCUT2D eigenvalue weighted by Crippen LogP contribution is -2.01. The fraction of sp³-hybridized carbons (Fsp3) is 0.100. The summed E-state index contributed by atoms with van der Waals surface area (Å²) < 4.78 is 0. The Bertz CT molecular complexity index is 580. The SMILES string of the molecule is C1=C/C=C\C(CCNc2ccccccccc2)=C/C=C1. The van der Waals surface area contributed by atoms with E-state index in [0.717, 1.165) is 18.7 Å². The molecule has 0 saturated carbocycles. The Kier molecular flexibility index (Phi) is 6.64. The molecule has 0 radical (unpaired) electrons. The van der Waals surface area contributed by atoms with Gasteiger partial charge in [0.15, 0.2) is 0 Å². The van der Waals surface area contributed by atoms with Gasteiger partial charge in [0.1, 0.15) is 0 Å². The van der Waals surface area contributed by atoms with Crippen LogP contribution in [-0.4, -0.2) is 6.54 Å². The van der Waals surface area contributed by atoms with Crippen LogP contribution in [0.3, 0.4) is 0 Å². The standard InChI is InChI=1S/C20H21N/c1-2-7-11-15-20(16-12-8-3-1)21-18-17-19-13-9-5-4-6-10-14-19/h1-16,21H,17-18H2/b2-1?,3-1?,5-4?,6-4?,7-2?,8-3?,9-5?,10-6?,11-7?,12-8?,13-9-,14-10?,15-11?,16-12?,19-13?,19-14+,20-15?,20-16?. The number of allylic oxidation sites excluding steroid dienone is 7. The molecular formula is C20H21N. The number of anilines is 1. The quantitative estimate of drug-likeness (QED) is 0.794. The third-order valence-electron chi connectivity index (χ3n) is 3.03. The third-order valence-corrected chi connectivity index (χ3v) is 3.03. The number of hydrogen-bond acceptors (Lipinski definition) is 1. The zero-order chi connectivity index (χ0) is 14.6. The van der Waals surface area contributed by atoms with E-state index in [9.17, 15) is 0 Å². The van der Waals surface area contributed by atoms with Crippen LogP contribution >= 0.6 is 0 Å². The number of rotatable bonds is 4. The van der Waals surface area contributed by atoms with E-state index < -0.39 is 0 Å². The summed E-state index contributed by atoms with van der Waals surface area (Å²) in [5, 5.41) is 3.47. The molecule has 1 N–H and O–H groups in total. The van der Waals surface area contributed by atoms with Crippen LogP contribution in [0.5, 0.6) is 0 Å². The zero-order valence-corrected chi connectivity index (χ0v) is 12.2. The van der Waals surface area contributed by atoms with Crippen LogP contribution in [0.1, 0.15) is 6.42 Å². The van der Waals surface area contributed by atoms with Crippen molar-refractivity contribution in [3.8, 4) is 0 Å². The van der Waals surface area contributed by atoms with Crippen LogP contribution in [0.25, 0.3) is 0 Å². The summed E-state index contributed by atoms with van der Waals surface area (Å²) in [6, 6.07) is 18.4. The van der Waals surface area contributed by atoms with Crippen molar-refractivity contribution in [2.75, 3.05) is 11.9 Å². The summed E-state index contributed by atoms with van der Waals surface area (Å²) in [4.78, 5) is 0. The van der Waals surface area contributed by atoms with Gasteiger partial charge in [-0.05, 0) is 24.1 Å². The maximum Gasteiger partial charge on any atom is 0.0340 e. The Hall–Kier alpha value is -2.54. The van der Waals surface area contributed by atoms with Crippen LogP contribution in [0.15, 0.2) is 103 Å². The lowest BCUT2D eigenvalue weighted by molar-refractivity contribution is 1.03. The molecule has 0 heterocycles. The van der Waals surface area contributed by atoms with Crippen LogP contribution in [0, 0.1) is 0 Å². The first kappa shape index (κ1) is 14.9. The van der Waals surface area contributed by atoms with E-state index in [0.29, 0.717) is 0 Å². The molecule has 21 heavy (non-hydrogen) atoms. The first-order valence-electron chi connectivity index (χ1n) is 7.28. The first-order valence-corrected chi connectivity index (χ1v) is 7.28. The molecule has 1 aromatic rings. The van der Waals surface area contributed by atoms with Gasteiger partial charge in [-0.15, -0.1) is 0 Å². The van der Waals surface area contributed by atoms with Gasteiger partial charge in [-0.1, -0.05) is 85.0 Å². The molecule has 0 aromatic heterocycles. The second-order valence-corrected chi connectivity index (χ2v) is 4.68. The summed E-state index contributed by atoms with van der Waals surface area (Å²) in [7, 11) is 0. The van der Waals surface area contributed by atoms with Gasteiger partial charge in [-0.2, -0.15) is 0 Å². The molecule has 2 rings (SSSR count). The highest BCUT2D eigenvalue weighted by molar-refractivity contribution is 5.41. The maximum atomic E-state index is 3.47. The van der Waals surface area contributed by atoms with Crippen LogP contribution in [-0.2, 0) is 0 Å². The van der Waals surface area contributed by atoms with Crippen molar-refractivity contribution in [3.05, 3.63) is 103 Å². The highest BCUT2D eigenvalue weighted by Gasteiger charge is 1.93. The Balaban J connectivity index is 1.94. The van der Waals surface area contributed by atoms with Gasteiger partial charge in [0.05, 0.1) is 0 Å². The molecule has 0 aliphatic heterocycles. The van der Waals surface area contributed by atoms with Crippen molar-refractivity contribution in [3.63, 3.8) is 0 Å². The van der Waals surface area contributed by atoms with Crippen molar-refractivity contribution in [1.29, 1.82) is 0 Å². The molecule has 0 spiro atoms. The largest absolute Gasteiger partial charge is 0.385 e. The molecule has 1 aromatic carbocycles. The molecule has 0 fully saturated rings. The van der Waals surface area contributed by atoms with Gasteiger partial charge in [0.25, 0.3) is 0 Å². The summed E-state index contributed by atoms with van der Waals surface area (Å²) >= 11 is 0. The number of hydrogen-bond donors (Lipinski definition) is 1. The van der Waals surface area contributed by atoms with Gasteiger partial charge in [0, 0.05) is 12.2 Å². The smallest absolute Gasteiger partial charge is 0.0340 e. The second-order valence-electron chi connectivity index (χ2n) is 4.68. The van der Waals surface area contributed by atoms with E-state index in [1.807, 2.05) is 60.7 Å². The van der Waals surface area contributed by atoms with E-state index >= 15 is 0 Å². The van der Waals surface area contributed by atoms with Crippen LogP contribution < -0.4 is 5.32 Å². The predicted octanol–water partition coefficient (Wildman–Crippen LogP) is 5.22. The molecule has 0 atom stereocenters. The Morgan fingerprint density at radius 3 is 2.05 bits per heavy atom. The average molecular weight is 275 g/mol. The Labute approximate surface area is 127 Å². The lowest BCUT2D eigenvalue weighted by atomic mass is 10.1. The Morgan fingerprint density at radius 2 is 1.29 bits per heavy atom. The molecule has 0 bridgehead atoms.